The number of aliphatic imine (C=N–C) groups is 2. The van der Waals surface area contributed by atoms with Crippen molar-refractivity contribution in [2.45, 2.75) is 26.4 Å². The third kappa shape index (κ3) is 5.00. The molecule has 2 aromatic heterocycles. The highest BCUT2D eigenvalue weighted by Crippen LogP contribution is 2.48. The molecule has 4 aromatic carbocycles. The molecule has 0 bridgehead atoms. The summed E-state index contributed by atoms with van der Waals surface area (Å²) >= 11 is 1.79. The van der Waals surface area contributed by atoms with Gasteiger partial charge in [-0.2, -0.15) is 0 Å². The van der Waals surface area contributed by atoms with Gasteiger partial charge < -0.3 is 5.73 Å². The van der Waals surface area contributed by atoms with Gasteiger partial charge >= 0.3 is 0 Å². The van der Waals surface area contributed by atoms with E-state index in [2.05, 4.69) is 78.7 Å². The molecule has 44 heavy (non-hydrogen) atoms. The van der Waals surface area contributed by atoms with Crippen LogP contribution in [0.15, 0.2) is 137 Å². The number of hydrogen-bond acceptors (Lipinski definition) is 4. The molecule has 3 heterocycles. The van der Waals surface area contributed by atoms with Gasteiger partial charge in [0.2, 0.25) is 5.66 Å². The molecular weight excluding hydrogens is 557 g/mol. The third-order valence-electron chi connectivity index (χ3n) is 7.67. The Morgan fingerprint density at radius 2 is 1.68 bits per heavy atom. The van der Waals surface area contributed by atoms with Crippen LogP contribution >= 0.6 is 11.3 Å². The number of thiophene rings is 1. The van der Waals surface area contributed by atoms with Gasteiger partial charge in [0.25, 0.3) is 0 Å². The van der Waals surface area contributed by atoms with E-state index in [9.17, 15) is 0 Å². The summed E-state index contributed by atoms with van der Waals surface area (Å²) in [5, 5.41) is 3.49. The van der Waals surface area contributed by atoms with Crippen molar-refractivity contribution in [3.8, 4) is 23.5 Å². The van der Waals surface area contributed by atoms with Crippen molar-refractivity contribution in [1.82, 2.24) is 4.98 Å². The van der Waals surface area contributed by atoms with Crippen molar-refractivity contribution < 1.29 is 0 Å². The zero-order chi connectivity index (χ0) is 30.7. The summed E-state index contributed by atoms with van der Waals surface area (Å²) in [6.07, 6.45) is 12.6. The molecule has 2 N–H and O–H groups in total. The van der Waals surface area contributed by atoms with Gasteiger partial charge in [0.15, 0.2) is 0 Å². The lowest BCUT2D eigenvalue weighted by Gasteiger charge is -2.14. The number of nitrogens with two attached hydrogens (primary N) is 1. The second-order valence-electron chi connectivity index (χ2n) is 10.1. The molecule has 7 rings (SSSR count). The van der Waals surface area contributed by atoms with Crippen LogP contribution in [0.1, 0.15) is 31.9 Å². The van der Waals surface area contributed by atoms with Crippen LogP contribution in [0.3, 0.4) is 0 Å². The quantitative estimate of drug-likeness (QED) is 0.0912. The van der Waals surface area contributed by atoms with Crippen LogP contribution in [0.2, 0.25) is 0 Å². The molecule has 5 heteroatoms. The molecule has 0 radical (unpaired) electrons. The van der Waals surface area contributed by atoms with Crippen molar-refractivity contribution in [2.24, 2.45) is 15.7 Å². The second kappa shape index (κ2) is 12.1. The predicted octanol–water partition coefficient (Wildman–Crippen LogP) is 9.44. The van der Waals surface area contributed by atoms with Crippen LogP contribution < -0.4 is 5.73 Å². The number of benzene rings is 4. The highest BCUT2D eigenvalue weighted by atomic mass is 32.1. The Kier molecular flexibility index (Phi) is 7.93. The molecule has 0 spiro atoms. The van der Waals surface area contributed by atoms with Gasteiger partial charge in [-0.15, -0.1) is 17.8 Å². The number of para-hydroxylation sites is 1. The molecule has 1 unspecified atom stereocenters. The average Bonchev–Trinajstić information content (AvgIpc) is 3.68. The molecule has 4 nitrogen and oxygen atoms in total. The smallest absolute Gasteiger partial charge is 0.221 e. The molecule has 0 saturated heterocycles. The third-order valence-corrected chi connectivity index (χ3v) is 8.81. The normalized spacial score (nSPS) is 16.5. The van der Waals surface area contributed by atoms with Gasteiger partial charge in [-0.05, 0) is 48.9 Å². The number of allylic oxidation sites excluding steroid dienone is 2. The summed E-state index contributed by atoms with van der Waals surface area (Å²) in [5.74, 6) is 2.92. The first-order valence-electron chi connectivity index (χ1n) is 14.7. The minimum atomic E-state index is -0.900. The fourth-order valence-corrected chi connectivity index (χ4v) is 6.74. The molecular formula is C39H32N4S. The van der Waals surface area contributed by atoms with E-state index in [1.165, 1.54) is 20.2 Å². The predicted molar refractivity (Wildman–Crippen MR) is 189 cm³/mol. The van der Waals surface area contributed by atoms with Gasteiger partial charge in [-0.3, -0.25) is 4.98 Å². The molecule has 1 aliphatic heterocycles. The van der Waals surface area contributed by atoms with Crippen LogP contribution in [0, 0.1) is 12.3 Å². The van der Waals surface area contributed by atoms with E-state index in [-0.39, 0.29) is 0 Å². The highest BCUT2D eigenvalue weighted by Gasteiger charge is 2.50. The molecule has 1 atom stereocenters. The van der Waals surface area contributed by atoms with E-state index >= 15 is 0 Å². The van der Waals surface area contributed by atoms with Crippen LogP contribution in [0.4, 0.5) is 0 Å². The monoisotopic (exact) mass is 588 g/mol. The Hall–Kier alpha value is -5.31. The zero-order valence-electron chi connectivity index (χ0n) is 25.0. The lowest BCUT2D eigenvalue weighted by atomic mass is 9.94. The van der Waals surface area contributed by atoms with Crippen LogP contribution in [-0.4, -0.2) is 16.5 Å². The van der Waals surface area contributed by atoms with E-state index in [4.69, 9.17) is 27.1 Å². The highest BCUT2D eigenvalue weighted by molar-refractivity contribution is 7.25. The average molecular weight is 589 g/mol. The lowest BCUT2D eigenvalue weighted by Crippen LogP contribution is -2.23. The van der Waals surface area contributed by atoms with Gasteiger partial charge in [-0.25, -0.2) is 9.98 Å². The molecule has 6 aromatic rings. The van der Waals surface area contributed by atoms with E-state index in [0.717, 1.165) is 44.4 Å². The number of aromatic nitrogens is 1. The summed E-state index contributed by atoms with van der Waals surface area (Å²) in [7, 11) is 0. The van der Waals surface area contributed by atoms with E-state index < -0.39 is 5.66 Å². The van der Waals surface area contributed by atoms with Crippen molar-refractivity contribution in [1.29, 1.82) is 0 Å². The van der Waals surface area contributed by atoms with Gasteiger partial charge in [-0.1, -0.05) is 98.6 Å². The topological polar surface area (TPSA) is 63.6 Å². The summed E-state index contributed by atoms with van der Waals surface area (Å²) < 4.78 is 2.43. The van der Waals surface area contributed by atoms with Gasteiger partial charge in [0, 0.05) is 54.0 Å². The first-order chi connectivity index (χ1) is 21.6. The van der Waals surface area contributed by atoms with Gasteiger partial charge in [0.05, 0.1) is 5.52 Å². The van der Waals surface area contributed by atoms with Crippen molar-refractivity contribution >= 4 is 54.0 Å². The minimum Gasteiger partial charge on any atom is -0.383 e. The standard InChI is InChI=1S/C37H26N4S.C2H6/c1-3-5-12-24(4-2)36(38)41-37(27-15-7-6-8-16-27)35(40-37)29-18-10-19-32-33(29)30-23-26(20-21-31(30)42-32)28-17-9-13-25-14-11-22-39-34(25)28;1-2/h1,4-23H,2H3,(H2,38,41);1-2H3/b12-5-,24-4+;. The minimum absolute atomic E-state index is 0.389. The van der Waals surface area contributed by atoms with E-state index in [1.54, 1.807) is 23.5 Å². The maximum absolute atomic E-state index is 6.57. The molecule has 1 aliphatic rings. The van der Waals surface area contributed by atoms with Crippen LogP contribution in [-0.2, 0) is 5.66 Å². The lowest BCUT2D eigenvalue weighted by molar-refractivity contribution is 0.759. The Morgan fingerprint density at radius 3 is 2.48 bits per heavy atom. The first-order valence-corrected chi connectivity index (χ1v) is 15.5. The number of pyridine rings is 1. The summed E-state index contributed by atoms with van der Waals surface area (Å²) in [4.78, 5) is 14.8. The SMILES string of the molecule is C#C\C=C/C(=C\C)C(/N)=N/C1(c2ccccc2)N=C1c1cccc2sc3ccc(-c4cccc5cccnc45)cc3c12.CC. The Balaban J connectivity index is 0.00000168. The summed E-state index contributed by atoms with van der Waals surface area (Å²) in [6, 6.07) is 33.6. The molecule has 0 saturated carbocycles. The number of amidine groups is 1. The largest absolute Gasteiger partial charge is 0.383 e. The fourth-order valence-electron chi connectivity index (χ4n) is 5.63. The summed E-state index contributed by atoms with van der Waals surface area (Å²) in [6.45, 7) is 5.92. The van der Waals surface area contributed by atoms with Crippen molar-refractivity contribution in [2.75, 3.05) is 0 Å². The van der Waals surface area contributed by atoms with E-state index in [0.29, 0.717) is 5.84 Å². The summed E-state index contributed by atoms with van der Waals surface area (Å²) in [5.41, 5.74) is 12.6. The maximum atomic E-state index is 6.57. The van der Waals surface area contributed by atoms with Crippen molar-refractivity contribution in [3.63, 3.8) is 0 Å². The maximum Gasteiger partial charge on any atom is 0.221 e. The number of terminal acetylenes is 1. The van der Waals surface area contributed by atoms with Gasteiger partial charge in [0.1, 0.15) is 11.5 Å². The molecule has 214 valence electrons. The number of hydrogen-bond donors (Lipinski definition) is 1. The number of rotatable bonds is 6. The molecule has 0 fully saturated rings. The number of fused-ring (bicyclic) bond motifs is 4. The fraction of sp³-hybridized carbons (Fsp3) is 0.103. The first kappa shape index (κ1) is 28.8. The van der Waals surface area contributed by atoms with Crippen LogP contribution in [0.25, 0.3) is 42.2 Å². The molecule has 0 amide bonds. The Bertz CT molecular complexity index is 2170. The van der Waals surface area contributed by atoms with Crippen molar-refractivity contribution in [3.05, 3.63) is 138 Å². The second-order valence-corrected chi connectivity index (χ2v) is 11.2. The number of nitrogens with zero attached hydrogens (tertiary/aromatic N) is 3. The Morgan fingerprint density at radius 1 is 0.909 bits per heavy atom. The Labute approximate surface area is 262 Å². The van der Waals surface area contributed by atoms with E-state index in [1.807, 2.05) is 57.3 Å². The molecule has 0 aliphatic carbocycles. The zero-order valence-corrected chi connectivity index (χ0v) is 25.8. The van der Waals surface area contributed by atoms with Crippen LogP contribution in [0.5, 0.6) is 0 Å².